The van der Waals surface area contributed by atoms with E-state index in [1.807, 2.05) is 18.2 Å². The van der Waals surface area contributed by atoms with E-state index in [1.165, 1.54) is 6.07 Å². The van der Waals surface area contributed by atoms with Crippen molar-refractivity contribution in [3.63, 3.8) is 0 Å². The number of nitrogens with one attached hydrogen (secondary N) is 1. The second-order valence-corrected chi connectivity index (χ2v) is 5.08. The summed E-state index contributed by atoms with van der Waals surface area (Å²) in [7, 11) is 0. The first-order valence-corrected chi connectivity index (χ1v) is 7.05. The third kappa shape index (κ3) is 3.18. The first kappa shape index (κ1) is 14.4. The summed E-state index contributed by atoms with van der Waals surface area (Å²) >= 11 is 0. The van der Waals surface area contributed by atoms with Gasteiger partial charge in [-0.1, -0.05) is 24.3 Å². The number of ketones is 1. The largest absolute Gasteiger partial charge is 0.308 e. The Morgan fingerprint density at radius 3 is 2.55 bits per heavy atom. The van der Waals surface area contributed by atoms with Gasteiger partial charge < -0.3 is 5.32 Å². The van der Waals surface area contributed by atoms with E-state index in [9.17, 15) is 9.18 Å². The maximum Gasteiger partial charge on any atom is 0.187 e. The van der Waals surface area contributed by atoms with Crippen molar-refractivity contribution in [1.82, 2.24) is 10.3 Å². The Hall–Kier alpha value is -2.59. The Labute approximate surface area is 128 Å². The molecule has 3 rings (SSSR count). The molecule has 1 fully saturated rings. The fourth-order valence-corrected chi connectivity index (χ4v) is 2.37. The highest BCUT2D eigenvalue weighted by molar-refractivity contribution is 6.14. The van der Waals surface area contributed by atoms with E-state index in [2.05, 4.69) is 10.3 Å². The number of rotatable bonds is 2. The van der Waals surface area contributed by atoms with Gasteiger partial charge in [0.05, 0.1) is 0 Å². The molecule has 1 aliphatic heterocycles. The molecule has 2 heterocycles. The lowest BCUT2D eigenvalue weighted by Crippen LogP contribution is -2.32. The number of nitrogens with zero attached hydrogens (tertiary/aromatic N) is 1. The maximum atomic E-state index is 13.7. The van der Waals surface area contributed by atoms with Crippen molar-refractivity contribution in [2.75, 3.05) is 13.1 Å². The molecule has 1 aliphatic rings. The van der Waals surface area contributed by atoms with Crippen molar-refractivity contribution < 1.29 is 9.18 Å². The molecular formula is C18H15FN2O. The van der Waals surface area contributed by atoms with Crippen LogP contribution in [0.5, 0.6) is 0 Å². The Balaban J connectivity index is 1.90. The van der Waals surface area contributed by atoms with E-state index in [1.54, 1.807) is 36.7 Å². The van der Waals surface area contributed by atoms with E-state index in [0.29, 0.717) is 29.8 Å². The summed E-state index contributed by atoms with van der Waals surface area (Å²) in [5, 5.41) is 3.18. The number of aromatic nitrogens is 1. The van der Waals surface area contributed by atoms with Crippen molar-refractivity contribution in [3.05, 3.63) is 76.9 Å². The highest BCUT2D eigenvalue weighted by Gasteiger charge is 2.20. The molecule has 0 amide bonds. The smallest absolute Gasteiger partial charge is 0.187 e. The average Bonchev–Trinajstić information content (AvgIpc) is 2.54. The molecule has 0 bridgehead atoms. The number of hydrogen-bond acceptors (Lipinski definition) is 3. The van der Waals surface area contributed by atoms with E-state index in [4.69, 9.17) is 0 Å². The van der Waals surface area contributed by atoms with Crippen LogP contribution in [0.25, 0.3) is 12.2 Å². The van der Waals surface area contributed by atoms with Gasteiger partial charge in [0.25, 0.3) is 0 Å². The molecule has 0 unspecified atom stereocenters. The van der Waals surface area contributed by atoms with Crippen LogP contribution >= 0.6 is 0 Å². The molecular weight excluding hydrogens is 279 g/mol. The van der Waals surface area contributed by atoms with Crippen molar-refractivity contribution >= 4 is 17.9 Å². The zero-order valence-corrected chi connectivity index (χ0v) is 11.9. The van der Waals surface area contributed by atoms with Crippen LogP contribution < -0.4 is 5.32 Å². The van der Waals surface area contributed by atoms with E-state index in [-0.39, 0.29) is 11.6 Å². The van der Waals surface area contributed by atoms with Crippen LogP contribution in [-0.2, 0) is 4.79 Å². The fourth-order valence-electron chi connectivity index (χ4n) is 2.37. The van der Waals surface area contributed by atoms with Crippen molar-refractivity contribution in [3.8, 4) is 0 Å². The number of Topliss-reactive ketones (excluding diaryl/α,β-unsaturated/α-hetero) is 1. The summed E-state index contributed by atoms with van der Waals surface area (Å²) < 4.78 is 13.7. The normalized spacial score (nSPS) is 18.9. The molecule has 0 radical (unpaired) electrons. The molecule has 1 N–H and O–H groups in total. The van der Waals surface area contributed by atoms with Gasteiger partial charge in [0.2, 0.25) is 0 Å². The van der Waals surface area contributed by atoms with Gasteiger partial charge in [0.15, 0.2) is 5.78 Å². The van der Waals surface area contributed by atoms with E-state index >= 15 is 0 Å². The van der Waals surface area contributed by atoms with Gasteiger partial charge in [0.1, 0.15) is 5.82 Å². The maximum absolute atomic E-state index is 13.7. The van der Waals surface area contributed by atoms with Gasteiger partial charge in [-0.25, -0.2) is 4.39 Å². The predicted octanol–water partition coefficient (Wildman–Crippen LogP) is 2.86. The molecule has 0 spiro atoms. The van der Waals surface area contributed by atoms with Gasteiger partial charge in [-0.2, -0.15) is 0 Å². The molecule has 2 aromatic rings. The molecule has 0 aliphatic carbocycles. The predicted molar refractivity (Wildman–Crippen MR) is 84.5 cm³/mol. The second-order valence-electron chi connectivity index (χ2n) is 5.08. The Kier molecular flexibility index (Phi) is 4.21. The number of halogens is 1. The van der Waals surface area contributed by atoms with Gasteiger partial charge >= 0.3 is 0 Å². The summed E-state index contributed by atoms with van der Waals surface area (Å²) in [5.41, 5.74) is 2.52. The SMILES string of the molecule is O=C1/C(=C/c2cccnc2)CNC/C1=C\c1ccccc1F. The minimum atomic E-state index is -0.328. The number of hydrogen-bond donors (Lipinski definition) is 1. The molecule has 1 saturated heterocycles. The highest BCUT2D eigenvalue weighted by atomic mass is 19.1. The molecule has 0 atom stereocenters. The van der Waals surface area contributed by atoms with Crippen LogP contribution in [0, 0.1) is 5.82 Å². The van der Waals surface area contributed by atoms with Gasteiger partial charge in [-0.15, -0.1) is 0 Å². The Morgan fingerprint density at radius 2 is 1.82 bits per heavy atom. The molecule has 1 aromatic heterocycles. The van der Waals surface area contributed by atoms with Crippen LogP contribution in [0.2, 0.25) is 0 Å². The van der Waals surface area contributed by atoms with E-state index < -0.39 is 0 Å². The number of piperidine rings is 1. The minimum absolute atomic E-state index is 0.0501. The molecule has 22 heavy (non-hydrogen) atoms. The van der Waals surface area contributed by atoms with Crippen molar-refractivity contribution in [2.45, 2.75) is 0 Å². The van der Waals surface area contributed by atoms with Crippen LogP contribution in [0.1, 0.15) is 11.1 Å². The van der Waals surface area contributed by atoms with E-state index in [0.717, 1.165) is 5.56 Å². The zero-order chi connectivity index (χ0) is 15.4. The molecule has 4 heteroatoms. The standard InChI is InChI=1S/C18H15FN2O/c19-17-6-2-1-5-14(17)9-16-12-21-11-15(18(16)22)8-13-4-3-7-20-10-13/h1-10,21H,11-12H2/b15-8+,16-9+. The second kappa shape index (κ2) is 6.45. The summed E-state index contributed by atoms with van der Waals surface area (Å²) in [6, 6.07) is 10.1. The third-order valence-corrected chi connectivity index (χ3v) is 3.47. The molecule has 1 aromatic carbocycles. The minimum Gasteiger partial charge on any atom is -0.308 e. The first-order valence-electron chi connectivity index (χ1n) is 7.05. The topological polar surface area (TPSA) is 42.0 Å². The van der Waals surface area contributed by atoms with Crippen LogP contribution in [-0.4, -0.2) is 23.9 Å². The Bertz CT molecular complexity index is 751. The zero-order valence-electron chi connectivity index (χ0n) is 11.9. The lowest BCUT2D eigenvalue weighted by atomic mass is 9.96. The summed E-state index contributed by atoms with van der Waals surface area (Å²) in [5.74, 6) is -0.378. The van der Waals surface area contributed by atoms with Crippen LogP contribution in [0.4, 0.5) is 4.39 Å². The number of benzene rings is 1. The quantitative estimate of drug-likeness (QED) is 0.866. The van der Waals surface area contributed by atoms with Crippen molar-refractivity contribution in [1.29, 1.82) is 0 Å². The van der Waals surface area contributed by atoms with Crippen LogP contribution in [0.3, 0.4) is 0 Å². The van der Waals surface area contributed by atoms with Crippen molar-refractivity contribution in [2.24, 2.45) is 0 Å². The fraction of sp³-hybridized carbons (Fsp3) is 0.111. The van der Waals surface area contributed by atoms with Gasteiger partial charge in [0, 0.05) is 42.2 Å². The van der Waals surface area contributed by atoms with Gasteiger partial charge in [-0.05, 0) is 29.8 Å². The number of pyridine rings is 1. The summed E-state index contributed by atoms with van der Waals surface area (Å²) in [6.45, 7) is 0.944. The van der Waals surface area contributed by atoms with Crippen LogP contribution in [0.15, 0.2) is 59.9 Å². The third-order valence-electron chi connectivity index (χ3n) is 3.47. The monoisotopic (exact) mass is 294 g/mol. The lowest BCUT2D eigenvalue weighted by molar-refractivity contribution is -0.112. The summed E-state index contributed by atoms with van der Waals surface area (Å²) in [6.07, 6.45) is 6.82. The first-order chi connectivity index (χ1) is 10.7. The summed E-state index contributed by atoms with van der Waals surface area (Å²) in [4.78, 5) is 16.6. The molecule has 0 saturated carbocycles. The average molecular weight is 294 g/mol. The number of carbonyl (C=O) groups is 1. The highest BCUT2D eigenvalue weighted by Crippen LogP contribution is 2.18. The lowest BCUT2D eigenvalue weighted by Gasteiger charge is -2.18. The van der Waals surface area contributed by atoms with Gasteiger partial charge in [-0.3, -0.25) is 9.78 Å². The number of carbonyl (C=O) groups excluding carboxylic acids is 1. The Morgan fingerprint density at radius 1 is 1.05 bits per heavy atom. The molecule has 110 valence electrons. The molecule has 3 nitrogen and oxygen atoms in total.